The maximum absolute atomic E-state index is 12.3. The molecule has 0 fully saturated rings. The van der Waals surface area contributed by atoms with Gasteiger partial charge in [-0.25, -0.2) is 0 Å². The van der Waals surface area contributed by atoms with Crippen molar-refractivity contribution in [1.82, 2.24) is 15.2 Å². The Morgan fingerprint density at radius 3 is 2.28 bits per heavy atom. The molecular formula is C20H25N3O2. The van der Waals surface area contributed by atoms with Crippen LogP contribution in [0.25, 0.3) is 0 Å². The summed E-state index contributed by atoms with van der Waals surface area (Å²) in [4.78, 5) is 30.0. The van der Waals surface area contributed by atoms with Gasteiger partial charge in [0.2, 0.25) is 5.91 Å². The molecule has 2 aromatic rings. The van der Waals surface area contributed by atoms with Crippen LogP contribution in [0.3, 0.4) is 0 Å². The van der Waals surface area contributed by atoms with Crippen LogP contribution < -0.4 is 5.32 Å². The van der Waals surface area contributed by atoms with Crippen LogP contribution in [-0.2, 0) is 11.2 Å². The fourth-order valence-corrected chi connectivity index (χ4v) is 2.76. The Hall–Kier alpha value is -2.69. The van der Waals surface area contributed by atoms with Crippen molar-refractivity contribution in [2.75, 3.05) is 13.1 Å². The second-order valence-corrected chi connectivity index (χ2v) is 5.88. The molecule has 0 aliphatic heterocycles. The third-order valence-corrected chi connectivity index (χ3v) is 4.12. The summed E-state index contributed by atoms with van der Waals surface area (Å²) in [6.45, 7) is 6.78. The average Bonchev–Trinajstić information content (AvgIpc) is 2.63. The van der Waals surface area contributed by atoms with E-state index in [4.69, 9.17) is 0 Å². The van der Waals surface area contributed by atoms with Crippen LogP contribution in [0.2, 0.25) is 0 Å². The lowest BCUT2D eigenvalue weighted by Crippen LogP contribution is -2.30. The predicted octanol–water partition coefficient (Wildman–Crippen LogP) is 2.98. The molecule has 0 radical (unpaired) electrons. The number of rotatable bonds is 7. The first-order chi connectivity index (χ1) is 12.0. The van der Waals surface area contributed by atoms with Crippen molar-refractivity contribution in [3.63, 3.8) is 0 Å². The first kappa shape index (κ1) is 18.6. The highest BCUT2D eigenvalue weighted by Gasteiger charge is 2.16. The Bertz CT molecular complexity index is 695. The Morgan fingerprint density at radius 1 is 1.08 bits per heavy atom. The minimum absolute atomic E-state index is 0.00878. The number of hydrogen-bond donors (Lipinski definition) is 1. The van der Waals surface area contributed by atoms with E-state index in [0.717, 1.165) is 11.3 Å². The molecule has 1 aromatic carbocycles. The molecule has 132 valence electrons. The highest BCUT2D eigenvalue weighted by molar-refractivity contribution is 5.93. The molecule has 25 heavy (non-hydrogen) atoms. The van der Waals surface area contributed by atoms with Crippen molar-refractivity contribution in [2.45, 2.75) is 33.2 Å². The number of carbonyl (C=O) groups is 2. The number of carbonyl (C=O) groups excluding carboxylic acids is 2. The zero-order valence-electron chi connectivity index (χ0n) is 15.0. The van der Waals surface area contributed by atoms with Crippen molar-refractivity contribution < 1.29 is 9.59 Å². The maximum Gasteiger partial charge on any atom is 0.255 e. The molecule has 2 rings (SSSR count). The van der Waals surface area contributed by atoms with Gasteiger partial charge in [0.15, 0.2) is 0 Å². The minimum atomic E-state index is -0.143. The van der Waals surface area contributed by atoms with Gasteiger partial charge in [-0.05, 0) is 31.5 Å². The van der Waals surface area contributed by atoms with Gasteiger partial charge in [-0.3, -0.25) is 14.6 Å². The summed E-state index contributed by atoms with van der Waals surface area (Å²) in [6, 6.07) is 13.3. The lowest BCUT2D eigenvalue weighted by molar-refractivity contribution is -0.119. The molecule has 1 heterocycles. The first-order valence-corrected chi connectivity index (χ1v) is 8.61. The fraction of sp³-hybridized carbons (Fsp3) is 0.350. The van der Waals surface area contributed by atoms with E-state index >= 15 is 0 Å². The Morgan fingerprint density at radius 2 is 1.76 bits per heavy atom. The van der Waals surface area contributed by atoms with Gasteiger partial charge in [0.25, 0.3) is 5.91 Å². The molecule has 5 heteroatoms. The zero-order valence-corrected chi connectivity index (χ0v) is 15.0. The molecule has 0 aliphatic rings. The molecule has 1 unspecified atom stereocenters. The largest absolute Gasteiger partial charge is 0.349 e. The topological polar surface area (TPSA) is 62.3 Å². The molecule has 0 saturated heterocycles. The average molecular weight is 339 g/mol. The third kappa shape index (κ3) is 5.14. The van der Waals surface area contributed by atoms with Crippen LogP contribution in [0, 0.1) is 0 Å². The highest BCUT2D eigenvalue weighted by Crippen LogP contribution is 2.18. The SMILES string of the molecule is CCN(CC)C(=O)c1ccc(CC(NC(C)=O)c2ccccc2)nc1. The van der Waals surface area contributed by atoms with E-state index in [-0.39, 0.29) is 17.9 Å². The van der Waals surface area contributed by atoms with Gasteiger partial charge in [-0.15, -0.1) is 0 Å². The van der Waals surface area contributed by atoms with E-state index < -0.39 is 0 Å². The molecule has 1 atom stereocenters. The summed E-state index contributed by atoms with van der Waals surface area (Å²) < 4.78 is 0. The predicted molar refractivity (Wildman–Crippen MR) is 98.2 cm³/mol. The molecule has 0 spiro atoms. The smallest absolute Gasteiger partial charge is 0.255 e. The first-order valence-electron chi connectivity index (χ1n) is 8.61. The number of benzene rings is 1. The maximum atomic E-state index is 12.3. The van der Waals surface area contributed by atoms with Crippen LogP contribution >= 0.6 is 0 Å². The zero-order chi connectivity index (χ0) is 18.2. The number of aromatic nitrogens is 1. The number of nitrogens with zero attached hydrogens (tertiary/aromatic N) is 2. The van der Waals surface area contributed by atoms with Crippen molar-refractivity contribution >= 4 is 11.8 Å². The summed E-state index contributed by atoms with van der Waals surface area (Å²) in [5, 5.41) is 2.96. The lowest BCUT2D eigenvalue weighted by Gasteiger charge is -2.19. The van der Waals surface area contributed by atoms with E-state index in [1.807, 2.05) is 50.2 Å². The van der Waals surface area contributed by atoms with E-state index in [0.29, 0.717) is 25.1 Å². The molecule has 2 amide bonds. The van der Waals surface area contributed by atoms with Gasteiger partial charge in [0, 0.05) is 38.3 Å². The molecule has 0 aliphatic carbocycles. The van der Waals surface area contributed by atoms with Gasteiger partial charge in [-0.1, -0.05) is 30.3 Å². The van der Waals surface area contributed by atoms with Gasteiger partial charge in [-0.2, -0.15) is 0 Å². The van der Waals surface area contributed by atoms with Crippen LogP contribution in [-0.4, -0.2) is 34.8 Å². The second-order valence-electron chi connectivity index (χ2n) is 5.88. The van der Waals surface area contributed by atoms with Crippen LogP contribution in [0.5, 0.6) is 0 Å². The van der Waals surface area contributed by atoms with Gasteiger partial charge in [0.05, 0.1) is 11.6 Å². The summed E-state index contributed by atoms with van der Waals surface area (Å²) in [7, 11) is 0. The normalized spacial score (nSPS) is 11.6. The Kier molecular flexibility index (Phi) is 6.69. The van der Waals surface area contributed by atoms with Crippen LogP contribution in [0.15, 0.2) is 48.7 Å². The van der Waals surface area contributed by atoms with Crippen LogP contribution in [0.1, 0.15) is 48.4 Å². The monoisotopic (exact) mass is 339 g/mol. The van der Waals surface area contributed by atoms with E-state index in [9.17, 15) is 9.59 Å². The standard InChI is InChI=1S/C20H25N3O2/c1-4-23(5-2)20(25)17-11-12-18(21-14-17)13-19(22-15(3)24)16-9-7-6-8-10-16/h6-12,14,19H,4-5,13H2,1-3H3,(H,22,24). The molecule has 1 N–H and O–H groups in total. The van der Waals surface area contributed by atoms with Crippen molar-refractivity contribution in [2.24, 2.45) is 0 Å². The van der Waals surface area contributed by atoms with E-state index in [1.54, 1.807) is 17.2 Å². The molecular weight excluding hydrogens is 314 g/mol. The quantitative estimate of drug-likeness (QED) is 0.843. The molecule has 0 bridgehead atoms. The van der Waals surface area contributed by atoms with Crippen molar-refractivity contribution in [3.05, 3.63) is 65.5 Å². The number of nitrogens with one attached hydrogen (secondary N) is 1. The molecule has 0 saturated carbocycles. The Labute approximate surface area is 149 Å². The number of pyridine rings is 1. The van der Waals surface area contributed by atoms with E-state index in [2.05, 4.69) is 10.3 Å². The lowest BCUT2D eigenvalue weighted by atomic mass is 10.0. The van der Waals surface area contributed by atoms with Crippen molar-refractivity contribution in [3.8, 4) is 0 Å². The van der Waals surface area contributed by atoms with Gasteiger partial charge in [0.1, 0.15) is 0 Å². The van der Waals surface area contributed by atoms with Gasteiger partial charge < -0.3 is 10.2 Å². The summed E-state index contributed by atoms with van der Waals surface area (Å²) >= 11 is 0. The molecule has 1 aromatic heterocycles. The van der Waals surface area contributed by atoms with Gasteiger partial charge >= 0.3 is 0 Å². The van der Waals surface area contributed by atoms with Crippen molar-refractivity contribution in [1.29, 1.82) is 0 Å². The molecule has 5 nitrogen and oxygen atoms in total. The summed E-state index contributed by atoms with van der Waals surface area (Å²) in [6.07, 6.45) is 2.19. The minimum Gasteiger partial charge on any atom is -0.349 e. The Balaban J connectivity index is 2.15. The fourth-order valence-electron chi connectivity index (χ4n) is 2.76. The highest BCUT2D eigenvalue weighted by atomic mass is 16.2. The van der Waals surface area contributed by atoms with E-state index in [1.165, 1.54) is 6.92 Å². The number of amides is 2. The second kappa shape index (κ2) is 8.97. The summed E-state index contributed by atoms with van der Waals surface area (Å²) in [5.74, 6) is -0.0901. The third-order valence-electron chi connectivity index (χ3n) is 4.12. The summed E-state index contributed by atoms with van der Waals surface area (Å²) in [5.41, 5.74) is 2.45. The number of hydrogen-bond acceptors (Lipinski definition) is 3. The van der Waals surface area contributed by atoms with Crippen LogP contribution in [0.4, 0.5) is 0 Å².